The zero-order chi connectivity index (χ0) is 18.3. The molecule has 26 heavy (non-hydrogen) atoms. The van der Waals surface area contributed by atoms with Crippen molar-refractivity contribution in [2.75, 3.05) is 13.1 Å². The third-order valence-electron chi connectivity index (χ3n) is 4.49. The zero-order valence-corrected chi connectivity index (χ0v) is 13.7. The monoisotopic (exact) mass is 360 g/mol. The first-order valence-electron chi connectivity index (χ1n) is 8.26. The van der Waals surface area contributed by atoms with Gasteiger partial charge >= 0.3 is 0 Å². The molecule has 3 heterocycles. The lowest BCUT2D eigenvalue weighted by Gasteiger charge is -2.14. The number of fused-ring (bicyclic) bond motifs is 1. The van der Waals surface area contributed by atoms with Crippen LogP contribution in [-0.2, 0) is 0 Å². The van der Waals surface area contributed by atoms with Gasteiger partial charge in [0.05, 0.1) is 11.9 Å². The molecule has 4 rings (SSSR count). The molecular formula is C18H15F3N4O. The van der Waals surface area contributed by atoms with Gasteiger partial charge in [-0.3, -0.25) is 4.79 Å². The summed E-state index contributed by atoms with van der Waals surface area (Å²) in [5.74, 6) is -0.695. The number of benzene rings is 1. The molecule has 0 saturated carbocycles. The standard InChI is InChI=1S/C18H15F3N4O/c19-12-5-3-11(4-6-12)14-9-15(16(20)21)25-17(23-14)13(10-22-25)18(26)24-7-1-2-8-24/h3-6,9-10,16H,1-2,7-8H2. The Morgan fingerprint density at radius 3 is 2.46 bits per heavy atom. The summed E-state index contributed by atoms with van der Waals surface area (Å²) in [4.78, 5) is 18.7. The first-order chi connectivity index (χ1) is 12.5. The fourth-order valence-corrected chi connectivity index (χ4v) is 3.15. The molecule has 0 spiro atoms. The van der Waals surface area contributed by atoms with Gasteiger partial charge in [0.25, 0.3) is 12.3 Å². The molecule has 134 valence electrons. The van der Waals surface area contributed by atoms with Gasteiger partial charge in [-0.25, -0.2) is 22.7 Å². The predicted octanol–water partition coefficient (Wildman–Crippen LogP) is 3.71. The van der Waals surface area contributed by atoms with Gasteiger partial charge in [0.1, 0.15) is 17.1 Å². The Morgan fingerprint density at radius 1 is 1.12 bits per heavy atom. The van der Waals surface area contributed by atoms with E-state index in [1.54, 1.807) is 4.90 Å². The number of carbonyl (C=O) groups excluding carboxylic acids is 1. The predicted molar refractivity (Wildman–Crippen MR) is 88.5 cm³/mol. The number of amides is 1. The average Bonchev–Trinajstić information content (AvgIpc) is 3.30. The Balaban J connectivity index is 1.87. The van der Waals surface area contributed by atoms with Gasteiger partial charge in [-0.1, -0.05) is 0 Å². The van der Waals surface area contributed by atoms with Gasteiger partial charge in [-0.15, -0.1) is 0 Å². The van der Waals surface area contributed by atoms with E-state index in [1.165, 1.54) is 36.5 Å². The topological polar surface area (TPSA) is 50.5 Å². The number of hydrogen-bond donors (Lipinski definition) is 0. The van der Waals surface area contributed by atoms with Crippen molar-refractivity contribution in [2.24, 2.45) is 0 Å². The first-order valence-corrected chi connectivity index (χ1v) is 8.26. The number of likely N-dealkylation sites (tertiary alicyclic amines) is 1. The molecule has 0 radical (unpaired) electrons. The van der Waals surface area contributed by atoms with Crippen LogP contribution in [0.25, 0.3) is 16.9 Å². The number of nitrogens with zero attached hydrogens (tertiary/aromatic N) is 4. The van der Waals surface area contributed by atoms with E-state index in [-0.39, 0.29) is 28.5 Å². The maximum atomic E-state index is 13.5. The normalized spacial score (nSPS) is 14.5. The molecule has 5 nitrogen and oxygen atoms in total. The van der Waals surface area contributed by atoms with Gasteiger partial charge in [0.2, 0.25) is 0 Å². The first kappa shape index (κ1) is 16.6. The van der Waals surface area contributed by atoms with Gasteiger partial charge in [-0.05, 0) is 43.2 Å². The van der Waals surface area contributed by atoms with Crippen LogP contribution in [0.5, 0.6) is 0 Å². The summed E-state index contributed by atoms with van der Waals surface area (Å²) in [7, 11) is 0. The third kappa shape index (κ3) is 2.81. The van der Waals surface area contributed by atoms with Crippen molar-refractivity contribution in [3.05, 3.63) is 53.6 Å². The molecule has 0 aliphatic carbocycles. The number of hydrogen-bond acceptors (Lipinski definition) is 3. The maximum Gasteiger partial charge on any atom is 0.280 e. The second-order valence-corrected chi connectivity index (χ2v) is 6.17. The molecule has 1 fully saturated rings. The summed E-state index contributed by atoms with van der Waals surface area (Å²) in [6.07, 6.45) is 0.320. The summed E-state index contributed by atoms with van der Waals surface area (Å²) < 4.78 is 41.2. The van der Waals surface area contributed by atoms with Crippen molar-refractivity contribution in [3.8, 4) is 11.3 Å². The lowest BCUT2D eigenvalue weighted by molar-refractivity contribution is 0.0794. The van der Waals surface area contributed by atoms with Crippen molar-refractivity contribution < 1.29 is 18.0 Å². The number of alkyl halides is 2. The minimum absolute atomic E-state index is 0.0824. The van der Waals surface area contributed by atoms with Crippen LogP contribution in [0.15, 0.2) is 36.5 Å². The van der Waals surface area contributed by atoms with Crippen LogP contribution < -0.4 is 0 Å². The van der Waals surface area contributed by atoms with Crippen molar-refractivity contribution >= 4 is 11.6 Å². The Kier molecular flexibility index (Phi) is 4.10. The minimum Gasteiger partial charge on any atom is -0.338 e. The van der Waals surface area contributed by atoms with Gasteiger partial charge in [-0.2, -0.15) is 5.10 Å². The average molecular weight is 360 g/mol. The molecule has 0 N–H and O–H groups in total. The second kappa shape index (κ2) is 6.44. The summed E-state index contributed by atoms with van der Waals surface area (Å²) in [6.45, 7) is 1.27. The van der Waals surface area contributed by atoms with Crippen LogP contribution in [-0.4, -0.2) is 38.5 Å². The molecule has 1 amide bonds. The van der Waals surface area contributed by atoms with Crippen LogP contribution >= 0.6 is 0 Å². The Morgan fingerprint density at radius 2 is 1.81 bits per heavy atom. The zero-order valence-electron chi connectivity index (χ0n) is 13.7. The second-order valence-electron chi connectivity index (χ2n) is 6.17. The highest BCUT2D eigenvalue weighted by Crippen LogP contribution is 2.27. The van der Waals surface area contributed by atoms with E-state index in [2.05, 4.69) is 10.1 Å². The number of aromatic nitrogens is 3. The Labute approximate surface area is 147 Å². The maximum absolute atomic E-state index is 13.5. The fraction of sp³-hybridized carbons (Fsp3) is 0.278. The van der Waals surface area contributed by atoms with Gasteiger partial charge in [0, 0.05) is 18.7 Å². The molecule has 1 aliphatic heterocycles. The SMILES string of the molecule is O=C(c1cnn2c(C(F)F)cc(-c3ccc(F)cc3)nc12)N1CCCC1. The highest BCUT2D eigenvalue weighted by atomic mass is 19.3. The molecule has 1 aromatic carbocycles. The molecule has 1 saturated heterocycles. The number of rotatable bonds is 3. The van der Waals surface area contributed by atoms with Gasteiger partial charge in [0.15, 0.2) is 5.65 Å². The summed E-state index contributed by atoms with van der Waals surface area (Å²) >= 11 is 0. The molecular weight excluding hydrogens is 345 g/mol. The van der Waals surface area contributed by atoms with Crippen molar-refractivity contribution in [1.29, 1.82) is 0 Å². The molecule has 8 heteroatoms. The Hall–Kier alpha value is -2.90. The van der Waals surface area contributed by atoms with E-state index in [0.717, 1.165) is 17.4 Å². The summed E-state index contributed by atoms with van der Waals surface area (Å²) in [5.41, 5.74) is 0.631. The quantitative estimate of drug-likeness (QED) is 0.715. The van der Waals surface area contributed by atoms with Crippen LogP contribution in [0.3, 0.4) is 0 Å². The largest absolute Gasteiger partial charge is 0.338 e. The smallest absolute Gasteiger partial charge is 0.280 e. The lowest BCUT2D eigenvalue weighted by atomic mass is 10.1. The van der Waals surface area contributed by atoms with E-state index in [0.29, 0.717) is 18.7 Å². The van der Waals surface area contributed by atoms with Crippen LogP contribution in [0.2, 0.25) is 0 Å². The van der Waals surface area contributed by atoms with Gasteiger partial charge < -0.3 is 4.90 Å². The molecule has 1 aliphatic rings. The number of carbonyl (C=O) groups is 1. The van der Waals surface area contributed by atoms with Crippen LogP contribution in [0.4, 0.5) is 13.2 Å². The van der Waals surface area contributed by atoms with E-state index in [1.807, 2.05) is 0 Å². The number of halogens is 3. The van der Waals surface area contributed by atoms with Crippen molar-refractivity contribution in [3.63, 3.8) is 0 Å². The molecule has 2 aromatic heterocycles. The third-order valence-corrected chi connectivity index (χ3v) is 4.49. The van der Waals surface area contributed by atoms with E-state index in [4.69, 9.17) is 0 Å². The molecule has 0 bridgehead atoms. The van der Waals surface area contributed by atoms with E-state index in [9.17, 15) is 18.0 Å². The highest BCUT2D eigenvalue weighted by molar-refractivity contribution is 6.00. The fourth-order valence-electron chi connectivity index (χ4n) is 3.15. The molecule has 0 unspecified atom stereocenters. The Bertz CT molecular complexity index is 962. The highest BCUT2D eigenvalue weighted by Gasteiger charge is 2.26. The van der Waals surface area contributed by atoms with Crippen molar-refractivity contribution in [1.82, 2.24) is 19.5 Å². The molecule has 3 aromatic rings. The molecule has 0 atom stereocenters. The summed E-state index contributed by atoms with van der Waals surface area (Å²) in [6, 6.07) is 6.59. The van der Waals surface area contributed by atoms with Crippen LogP contribution in [0, 0.1) is 5.82 Å². The van der Waals surface area contributed by atoms with E-state index < -0.39 is 12.2 Å². The minimum atomic E-state index is -2.80. The van der Waals surface area contributed by atoms with E-state index >= 15 is 0 Å². The lowest BCUT2D eigenvalue weighted by Crippen LogP contribution is -2.27. The summed E-state index contributed by atoms with van der Waals surface area (Å²) in [5, 5.41) is 3.95. The van der Waals surface area contributed by atoms with Crippen molar-refractivity contribution in [2.45, 2.75) is 19.3 Å². The van der Waals surface area contributed by atoms with Crippen LogP contribution in [0.1, 0.15) is 35.3 Å².